The Morgan fingerprint density at radius 3 is 2.27 bits per heavy atom. The Hall–Kier alpha value is -4.52. The number of hydrogen-bond acceptors (Lipinski definition) is 10. The number of amides is 2. The lowest BCUT2D eigenvalue weighted by Crippen LogP contribution is -2.39. The topological polar surface area (TPSA) is 122 Å². The fraction of sp³-hybridized carbons (Fsp3) is 0.133. The molecule has 48 heavy (non-hydrogen) atoms. The molecule has 0 aliphatic rings. The summed E-state index contributed by atoms with van der Waals surface area (Å²) in [5.41, 5.74) is 1.19. The van der Waals surface area contributed by atoms with Crippen LogP contribution >= 0.6 is 46.2 Å². The number of nitrogens with one attached hydrogen (secondary N) is 2. The van der Waals surface area contributed by atoms with E-state index in [0.29, 0.717) is 10.7 Å². The number of thioether (sulfide) groups is 2. The van der Waals surface area contributed by atoms with E-state index in [4.69, 9.17) is 0 Å². The molecule has 0 saturated heterocycles. The maximum Gasteiger partial charge on any atom is 0.378 e. The second kappa shape index (κ2) is 13.5. The molecule has 2 amide bonds. The zero-order chi connectivity index (χ0) is 34.1. The molecule has 246 valence electrons. The van der Waals surface area contributed by atoms with Gasteiger partial charge in [-0.15, -0.1) is 43.1 Å². The number of anilines is 2. The molecule has 0 atom stereocenters. The number of carbonyl (C=O) groups excluding carboxylic acids is 2. The fourth-order valence-corrected chi connectivity index (χ4v) is 7.33. The Morgan fingerprint density at radius 2 is 1.56 bits per heavy atom. The number of rotatable bonds is 11. The van der Waals surface area contributed by atoms with Gasteiger partial charge in [-0.2, -0.15) is 17.6 Å². The Labute approximate surface area is 286 Å². The smallest absolute Gasteiger partial charge is 0.320 e. The zero-order valence-corrected chi connectivity index (χ0v) is 28.0. The van der Waals surface area contributed by atoms with Crippen molar-refractivity contribution in [3.05, 3.63) is 84.2 Å². The van der Waals surface area contributed by atoms with Crippen LogP contribution in [0.5, 0.6) is 0 Å². The highest BCUT2D eigenvalue weighted by Gasteiger charge is 2.45. The second-order valence-electron chi connectivity index (χ2n) is 9.95. The highest BCUT2D eigenvalue weighted by Crippen LogP contribution is 2.40. The molecular weight excluding hydrogens is 709 g/mol. The Morgan fingerprint density at radius 1 is 0.833 bits per heavy atom. The minimum Gasteiger partial charge on any atom is -0.320 e. The molecule has 4 heterocycles. The van der Waals surface area contributed by atoms with Crippen molar-refractivity contribution in [3.63, 3.8) is 0 Å². The average molecular weight is 731 g/mol. The van der Waals surface area contributed by atoms with Gasteiger partial charge in [-0.1, -0.05) is 36.4 Å². The van der Waals surface area contributed by atoms with Crippen molar-refractivity contribution >= 4 is 69.4 Å². The normalized spacial score (nSPS) is 11.9. The maximum atomic E-state index is 15.1. The first-order chi connectivity index (χ1) is 22.9. The molecule has 0 spiro atoms. The molecule has 18 heteroatoms. The molecule has 2 aromatic carbocycles. The van der Waals surface area contributed by atoms with E-state index in [1.807, 2.05) is 11.4 Å². The minimum atomic E-state index is -3.83. The molecule has 0 aliphatic heterocycles. The van der Waals surface area contributed by atoms with Crippen LogP contribution in [0.3, 0.4) is 0 Å². The molecule has 0 fully saturated rings. The van der Waals surface area contributed by atoms with Gasteiger partial charge in [-0.3, -0.25) is 9.59 Å². The quantitative estimate of drug-likeness (QED) is 0.103. The third-order valence-corrected chi connectivity index (χ3v) is 10.5. The monoisotopic (exact) mass is 730 g/mol. The maximum absolute atomic E-state index is 15.1. The van der Waals surface area contributed by atoms with E-state index in [0.717, 1.165) is 20.2 Å². The van der Waals surface area contributed by atoms with Crippen molar-refractivity contribution in [2.24, 2.45) is 7.05 Å². The van der Waals surface area contributed by atoms with Gasteiger partial charge in [0.05, 0.1) is 9.75 Å². The summed E-state index contributed by atoms with van der Waals surface area (Å²) in [5, 5.41) is 11.5. The molecule has 0 radical (unpaired) electrons. The van der Waals surface area contributed by atoms with Crippen LogP contribution in [0.4, 0.5) is 28.9 Å². The van der Waals surface area contributed by atoms with Gasteiger partial charge in [0, 0.05) is 30.3 Å². The lowest BCUT2D eigenvalue weighted by atomic mass is 10.1. The van der Waals surface area contributed by atoms with E-state index in [1.165, 1.54) is 58.6 Å². The Balaban J connectivity index is 1.09. The number of nitrogens with zero attached hydrogens (tertiary/aromatic N) is 6. The lowest BCUT2D eigenvalue weighted by Gasteiger charge is -2.22. The Kier molecular flexibility index (Phi) is 9.41. The number of para-hydroxylation sites is 1. The molecule has 0 unspecified atom stereocenters. The SMILES string of the molecule is CN(C(=O)C(F)(F)Sc1nnc(-c2cccs2)n1C)c1ccc(-c2ccc(-c3nnc(SC(F)(F)C(=O)Nc4ccccc4)[nH]3)s2)cc1. The van der Waals surface area contributed by atoms with Gasteiger partial charge in [0.1, 0.15) is 0 Å². The first kappa shape index (κ1) is 33.4. The number of aromatic amines is 1. The number of thiophene rings is 2. The van der Waals surface area contributed by atoms with Crippen molar-refractivity contribution in [2.75, 3.05) is 17.3 Å². The highest BCUT2D eigenvalue weighted by molar-refractivity contribution is 8.01. The van der Waals surface area contributed by atoms with Crippen molar-refractivity contribution in [1.29, 1.82) is 0 Å². The van der Waals surface area contributed by atoms with Gasteiger partial charge in [0.25, 0.3) is 0 Å². The van der Waals surface area contributed by atoms with Gasteiger partial charge in [0.15, 0.2) is 22.0 Å². The van der Waals surface area contributed by atoms with Crippen LogP contribution in [-0.2, 0) is 16.6 Å². The zero-order valence-electron chi connectivity index (χ0n) is 24.7. The molecule has 10 nitrogen and oxygen atoms in total. The summed E-state index contributed by atoms with van der Waals surface area (Å²) in [4.78, 5) is 30.7. The van der Waals surface area contributed by atoms with E-state index in [-0.39, 0.29) is 51.0 Å². The van der Waals surface area contributed by atoms with Gasteiger partial charge in [-0.05, 0) is 76.9 Å². The molecule has 4 aromatic heterocycles. The number of benzene rings is 2. The number of hydrogen-bond donors (Lipinski definition) is 2. The third kappa shape index (κ3) is 7.15. The van der Waals surface area contributed by atoms with Crippen molar-refractivity contribution in [3.8, 4) is 31.8 Å². The molecule has 6 rings (SSSR count). The number of aromatic nitrogens is 6. The predicted molar refractivity (Wildman–Crippen MR) is 180 cm³/mol. The van der Waals surface area contributed by atoms with Crippen molar-refractivity contribution in [1.82, 2.24) is 29.9 Å². The molecular formula is C30H22F4N8O2S4. The standard InChI is InChI=1S/C30H22F4N8O2S4/c1-41(26(44)30(33,34)48-28-40-38-24(42(28)2)22-9-6-16-45-22)19-12-10-17(11-13-19)20-14-15-21(46-20)23-36-27(39-37-23)47-29(31,32)25(43)35-18-7-4-3-5-8-18/h3-16H,1-2H3,(H,35,43)(H,36,37,39). The summed E-state index contributed by atoms with van der Waals surface area (Å²) in [6.07, 6.45) is 0. The highest BCUT2D eigenvalue weighted by atomic mass is 32.2. The molecule has 0 saturated carbocycles. The van der Waals surface area contributed by atoms with E-state index in [2.05, 4.69) is 30.7 Å². The van der Waals surface area contributed by atoms with Crippen LogP contribution in [0.2, 0.25) is 0 Å². The number of H-pyrrole nitrogens is 1. The van der Waals surface area contributed by atoms with Gasteiger partial charge >= 0.3 is 22.3 Å². The summed E-state index contributed by atoms with van der Waals surface area (Å²) >= 11 is 2.63. The van der Waals surface area contributed by atoms with E-state index < -0.39 is 22.3 Å². The van der Waals surface area contributed by atoms with E-state index >= 15 is 8.78 Å². The molecule has 0 aliphatic carbocycles. The summed E-state index contributed by atoms with van der Waals surface area (Å²) in [7, 11) is 2.82. The van der Waals surface area contributed by atoms with Gasteiger partial charge < -0.3 is 19.8 Å². The fourth-order valence-electron chi connectivity index (χ4n) is 4.26. The average Bonchev–Trinajstić information content (AvgIpc) is 3.90. The number of carbonyl (C=O) groups is 2. The third-order valence-electron chi connectivity index (χ3n) is 6.72. The van der Waals surface area contributed by atoms with Gasteiger partial charge in [-0.25, -0.2) is 0 Å². The summed E-state index contributed by atoms with van der Waals surface area (Å²) in [5.74, 6) is -2.28. The van der Waals surface area contributed by atoms with Crippen LogP contribution < -0.4 is 10.2 Å². The lowest BCUT2D eigenvalue weighted by molar-refractivity contribution is -0.131. The number of alkyl halides is 4. The van der Waals surface area contributed by atoms with Crippen LogP contribution in [-0.4, -0.2) is 59.3 Å². The summed E-state index contributed by atoms with van der Waals surface area (Å²) in [6, 6.07) is 21.4. The minimum absolute atomic E-state index is 0.0227. The number of halogens is 4. The van der Waals surface area contributed by atoms with Crippen molar-refractivity contribution < 1.29 is 27.2 Å². The first-order valence-electron chi connectivity index (χ1n) is 13.8. The van der Waals surface area contributed by atoms with E-state index in [9.17, 15) is 18.4 Å². The molecule has 2 N–H and O–H groups in total. The van der Waals surface area contributed by atoms with E-state index in [1.54, 1.807) is 55.6 Å². The summed E-state index contributed by atoms with van der Waals surface area (Å²) < 4.78 is 60.8. The summed E-state index contributed by atoms with van der Waals surface area (Å²) in [6.45, 7) is 0. The van der Waals surface area contributed by atoms with Gasteiger partial charge in [0.2, 0.25) is 0 Å². The molecule has 0 bridgehead atoms. The van der Waals surface area contributed by atoms with Crippen LogP contribution in [0.1, 0.15) is 0 Å². The van der Waals surface area contributed by atoms with Crippen LogP contribution in [0.15, 0.2) is 94.6 Å². The Bertz CT molecular complexity index is 2050. The van der Waals surface area contributed by atoms with Crippen LogP contribution in [0.25, 0.3) is 31.8 Å². The molecule has 6 aromatic rings. The predicted octanol–water partition coefficient (Wildman–Crippen LogP) is 7.73. The largest absolute Gasteiger partial charge is 0.378 e. The second-order valence-corrected chi connectivity index (χ2v) is 14.2. The van der Waals surface area contributed by atoms with Crippen LogP contribution in [0, 0.1) is 0 Å². The van der Waals surface area contributed by atoms with Crippen molar-refractivity contribution in [2.45, 2.75) is 20.8 Å². The first-order valence-corrected chi connectivity index (χ1v) is 17.1.